The van der Waals surface area contributed by atoms with Gasteiger partial charge in [-0.2, -0.15) is 0 Å². The zero-order valence-corrected chi connectivity index (χ0v) is 36.8. The standard InChI is InChI=1S/C64H44N2/c1-63(2)57-32-18-30-51(60(57)53-35-33-41-19-12-13-26-46(41)61(53)63)49-36-37-52(48-28-15-14-27-47(48)49)62-65-58(42-20-6-3-7-21-42)40-59(66-62)43-34-38-56-54(39-43)50-29-16-17-31-55(50)64(56,44-22-8-4-9-23-44)45-24-10-5-11-25-45/h3-40H,1-2H3. The Kier molecular flexibility index (Phi) is 8.51. The Morgan fingerprint density at radius 2 is 0.879 bits per heavy atom. The lowest BCUT2D eigenvalue weighted by Crippen LogP contribution is -2.28. The Morgan fingerprint density at radius 1 is 0.333 bits per heavy atom. The first kappa shape index (κ1) is 38.3. The second kappa shape index (κ2) is 14.7. The molecule has 10 aromatic carbocycles. The third-order valence-electron chi connectivity index (χ3n) is 14.6. The summed E-state index contributed by atoms with van der Waals surface area (Å²) in [5.41, 5.74) is 19.7. The summed E-state index contributed by atoms with van der Waals surface area (Å²) in [6.07, 6.45) is 0. The quantitative estimate of drug-likeness (QED) is 0.167. The summed E-state index contributed by atoms with van der Waals surface area (Å²) in [6, 6.07) is 84.2. The molecule has 0 spiro atoms. The molecular formula is C64H44N2. The molecule has 0 saturated heterocycles. The zero-order chi connectivity index (χ0) is 44.0. The molecule has 0 fully saturated rings. The highest BCUT2D eigenvalue weighted by Gasteiger charge is 2.46. The lowest BCUT2D eigenvalue weighted by Gasteiger charge is -2.33. The van der Waals surface area contributed by atoms with Crippen LogP contribution >= 0.6 is 0 Å². The molecule has 310 valence electrons. The average Bonchev–Trinajstić information content (AvgIpc) is 3.82. The Balaban J connectivity index is 1.00. The van der Waals surface area contributed by atoms with Crippen LogP contribution in [0.1, 0.15) is 47.2 Å². The first-order valence-corrected chi connectivity index (χ1v) is 23.0. The van der Waals surface area contributed by atoms with Crippen molar-refractivity contribution in [1.29, 1.82) is 0 Å². The first-order chi connectivity index (χ1) is 32.5. The fourth-order valence-corrected chi connectivity index (χ4v) is 11.7. The van der Waals surface area contributed by atoms with Crippen molar-refractivity contribution in [2.24, 2.45) is 0 Å². The largest absolute Gasteiger partial charge is 0.228 e. The van der Waals surface area contributed by atoms with Gasteiger partial charge in [-0.25, -0.2) is 9.97 Å². The van der Waals surface area contributed by atoms with Gasteiger partial charge >= 0.3 is 0 Å². The molecule has 1 aromatic heterocycles. The number of aromatic nitrogens is 2. The summed E-state index contributed by atoms with van der Waals surface area (Å²) in [4.78, 5) is 10.9. The van der Waals surface area contributed by atoms with E-state index in [1.807, 2.05) is 0 Å². The van der Waals surface area contributed by atoms with E-state index in [0.29, 0.717) is 5.82 Å². The fraction of sp³-hybridized carbons (Fsp3) is 0.0625. The van der Waals surface area contributed by atoms with Crippen molar-refractivity contribution in [3.63, 3.8) is 0 Å². The lowest BCUT2D eigenvalue weighted by atomic mass is 9.67. The second-order valence-electron chi connectivity index (χ2n) is 18.4. The van der Waals surface area contributed by atoms with E-state index < -0.39 is 5.41 Å². The molecule has 11 aromatic rings. The molecule has 1 heterocycles. The maximum Gasteiger partial charge on any atom is 0.161 e. The van der Waals surface area contributed by atoms with Crippen molar-refractivity contribution < 1.29 is 0 Å². The van der Waals surface area contributed by atoms with Gasteiger partial charge in [-0.15, -0.1) is 0 Å². The maximum atomic E-state index is 5.51. The Morgan fingerprint density at radius 3 is 1.62 bits per heavy atom. The minimum atomic E-state index is -0.468. The van der Waals surface area contributed by atoms with Crippen molar-refractivity contribution >= 4 is 21.5 Å². The van der Waals surface area contributed by atoms with Crippen molar-refractivity contribution in [2.75, 3.05) is 0 Å². The molecule has 66 heavy (non-hydrogen) atoms. The zero-order valence-electron chi connectivity index (χ0n) is 36.8. The Bertz CT molecular complexity index is 3680. The van der Waals surface area contributed by atoms with E-state index in [4.69, 9.17) is 9.97 Å². The molecule has 0 saturated carbocycles. The number of hydrogen-bond donors (Lipinski definition) is 0. The summed E-state index contributed by atoms with van der Waals surface area (Å²) in [7, 11) is 0. The van der Waals surface area contributed by atoms with E-state index in [2.05, 4.69) is 244 Å². The first-order valence-electron chi connectivity index (χ1n) is 23.0. The predicted molar refractivity (Wildman–Crippen MR) is 274 cm³/mol. The van der Waals surface area contributed by atoms with Gasteiger partial charge in [-0.3, -0.25) is 0 Å². The van der Waals surface area contributed by atoms with E-state index in [0.717, 1.165) is 33.5 Å². The van der Waals surface area contributed by atoms with Gasteiger partial charge < -0.3 is 0 Å². The van der Waals surface area contributed by atoms with Gasteiger partial charge in [0.2, 0.25) is 0 Å². The predicted octanol–water partition coefficient (Wildman–Crippen LogP) is 16.1. The number of benzene rings is 10. The Hall–Kier alpha value is -8.20. The van der Waals surface area contributed by atoms with Crippen LogP contribution in [0.3, 0.4) is 0 Å². The van der Waals surface area contributed by atoms with E-state index >= 15 is 0 Å². The van der Waals surface area contributed by atoms with Crippen LogP contribution in [0.5, 0.6) is 0 Å². The molecule has 2 aliphatic rings. The van der Waals surface area contributed by atoms with E-state index in [1.165, 1.54) is 82.9 Å². The van der Waals surface area contributed by atoms with Crippen molar-refractivity contribution in [1.82, 2.24) is 9.97 Å². The van der Waals surface area contributed by atoms with Gasteiger partial charge in [-0.05, 0) is 107 Å². The van der Waals surface area contributed by atoms with Crippen LogP contribution in [-0.2, 0) is 10.8 Å². The number of rotatable bonds is 6. The summed E-state index contributed by atoms with van der Waals surface area (Å²) in [5.74, 6) is 0.703. The van der Waals surface area contributed by atoms with Gasteiger partial charge in [0.1, 0.15) is 0 Å². The van der Waals surface area contributed by atoms with Gasteiger partial charge in [0.25, 0.3) is 0 Å². The molecule has 0 amide bonds. The molecule has 2 nitrogen and oxygen atoms in total. The van der Waals surface area contributed by atoms with Crippen molar-refractivity contribution in [3.8, 4) is 67.3 Å². The van der Waals surface area contributed by atoms with E-state index in [1.54, 1.807) is 0 Å². The summed E-state index contributed by atoms with van der Waals surface area (Å²) >= 11 is 0. The molecular weight excluding hydrogens is 797 g/mol. The smallest absolute Gasteiger partial charge is 0.161 e. The normalized spacial score (nSPS) is 13.8. The Labute approximate surface area is 385 Å². The molecule has 0 radical (unpaired) electrons. The highest BCUT2D eigenvalue weighted by Crippen LogP contribution is 2.57. The molecule has 0 aliphatic heterocycles. The highest BCUT2D eigenvalue weighted by molar-refractivity contribution is 6.09. The molecule has 0 unspecified atom stereocenters. The fourth-order valence-electron chi connectivity index (χ4n) is 11.7. The van der Waals surface area contributed by atoms with Crippen LogP contribution in [0.15, 0.2) is 231 Å². The molecule has 0 atom stereocenters. The lowest BCUT2D eigenvalue weighted by molar-refractivity contribution is 0.666. The van der Waals surface area contributed by atoms with Crippen LogP contribution in [-0.4, -0.2) is 9.97 Å². The highest BCUT2D eigenvalue weighted by atomic mass is 14.9. The third kappa shape index (κ3) is 5.55. The van der Waals surface area contributed by atoms with Gasteiger partial charge in [0.15, 0.2) is 5.82 Å². The van der Waals surface area contributed by atoms with Crippen LogP contribution in [0.4, 0.5) is 0 Å². The minimum Gasteiger partial charge on any atom is -0.228 e. The summed E-state index contributed by atoms with van der Waals surface area (Å²) in [5, 5.41) is 4.91. The monoisotopic (exact) mass is 840 g/mol. The average molecular weight is 841 g/mol. The van der Waals surface area contributed by atoms with Gasteiger partial charge in [-0.1, -0.05) is 226 Å². The molecule has 2 aliphatic carbocycles. The number of fused-ring (bicyclic) bond motifs is 9. The van der Waals surface area contributed by atoms with E-state index in [9.17, 15) is 0 Å². The molecule has 13 rings (SSSR count). The van der Waals surface area contributed by atoms with Crippen LogP contribution in [0, 0.1) is 0 Å². The van der Waals surface area contributed by atoms with E-state index in [-0.39, 0.29) is 5.41 Å². The van der Waals surface area contributed by atoms with Crippen LogP contribution in [0.2, 0.25) is 0 Å². The maximum absolute atomic E-state index is 5.51. The third-order valence-corrected chi connectivity index (χ3v) is 14.6. The van der Waals surface area contributed by atoms with Gasteiger partial charge in [0, 0.05) is 22.1 Å². The molecule has 0 bridgehead atoms. The molecule has 2 heteroatoms. The number of hydrogen-bond acceptors (Lipinski definition) is 2. The van der Waals surface area contributed by atoms with Crippen LogP contribution < -0.4 is 0 Å². The summed E-state index contributed by atoms with van der Waals surface area (Å²) < 4.78 is 0. The minimum absolute atomic E-state index is 0.149. The van der Waals surface area contributed by atoms with Crippen molar-refractivity contribution in [2.45, 2.75) is 24.7 Å². The van der Waals surface area contributed by atoms with Crippen molar-refractivity contribution in [3.05, 3.63) is 264 Å². The van der Waals surface area contributed by atoms with Crippen LogP contribution in [0.25, 0.3) is 88.8 Å². The topological polar surface area (TPSA) is 25.8 Å². The number of nitrogens with zero attached hydrogens (tertiary/aromatic N) is 2. The summed E-state index contributed by atoms with van der Waals surface area (Å²) in [6.45, 7) is 4.76. The van der Waals surface area contributed by atoms with Gasteiger partial charge in [0.05, 0.1) is 16.8 Å². The second-order valence-corrected chi connectivity index (χ2v) is 18.4. The molecule has 0 N–H and O–H groups in total. The SMILES string of the molecule is CC1(C)c2cccc(-c3ccc(-c4nc(-c5ccccc5)cc(-c5ccc6c(c5)-c5ccccc5C6(c5ccccc5)c5ccccc5)n4)c4ccccc34)c2-c2ccc3ccccc3c21.